The van der Waals surface area contributed by atoms with E-state index < -0.39 is 0 Å². The fraction of sp³-hybridized carbons (Fsp3) is 0.312. The van der Waals surface area contributed by atoms with Crippen LogP contribution in [0.3, 0.4) is 0 Å². The SMILES string of the molecule is CCN1CC(c2ccc3cc(C)ccc3c2)NC1=O. The molecule has 1 N–H and O–H groups in total. The number of hydrogen-bond acceptors (Lipinski definition) is 1. The molecule has 1 aliphatic rings. The number of benzene rings is 2. The summed E-state index contributed by atoms with van der Waals surface area (Å²) < 4.78 is 0. The number of rotatable bonds is 2. The maximum atomic E-state index is 11.7. The first kappa shape index (κ1) is 12.0. The Hall–Kier alpha value is -2.03. The molecular weight excluding hydrogens is 236 g/mol. The zero-order valence-electron chi connectivity index (χ0n) is 11.3. The van der Waals surface area contributed by atoms with Crippen LogP contribution in [0.4, 0.5) is 4.79 Å². The van der Waals surface area contributed by atoms with Crippen molar-refractivity contribution in [2.45, 2.75) is 19.9 Å². The highest BCUT2D eigenvalue weighted by atomic mass is 16.2. The van der Waals surface area contributed by atoms with E-state index in [0.717, 1.165) is 13.1 Å². The summed E-state index contributed by atoms with van der Waals surface area (Å²) in [5, 5.41) is 5.51. The van der Waals surface area contributed by atoms with E-state index in [1.165, 1.54) is 21.9 Å². The third-order valence-corrected chi connectivity index (χ3v) is 3.79. The topological polar surface area (TPSA) is 32.3 Å². The number of nitrogens with one attached hydrogen (secondary N) is 1. The van der Waals surface area contributed by atoms with E-state index in [4.69, 9.17) is 0 Å². The van der Waals surface area contributed by atoms with Crippen molar-refractivity contribution in [2.24, 2.45) is 0 Å². The smallest absolute Gasteiger partial charge is 0.318 e. The molecule has 1 fully saturated rings. The highest BCUT2D eigenvalue weighted by Gasteiger charge is 2.28. The van der Waals surface area contributed by atoms with Gasteiger partial charge in [0.05, 0.1) is 6.04 Å². The standard InChI is InChI=1S/C16H18N2O/c1-3-18-10-15(17-16(18)19)14-7-6-12-8-11(2)4-5-13(12)9-14/h4-9,15H,3,10H2,1-2H3,(H,17,19). The number of amides is 2. The lowest BCUT2D eigenvalue weighted by Crippen LogP contribution is -2.27. The first-order chi connectivity index (χ1) is 9.17. The van der Waals surface area contributed by atoms with Crippen molar-refractivity contribution in [3.63, 3.8) is 0 Å². The molecule has 0 spiro atoms. The molecule has 2 aromatic carbocycles. The molecule has 0 radical (unpaired) electrons. The van der Waals surface area contributed by atoms with Crippen molar-refractivity contribution in [1.82, 2.24) is 10.2 Å². The maximum Gasteiger partial charge on any atom is 0.318 e. The molecule has 1 heterocycles. The number of likely N-dealkylation sites (N-methyl/N-ethyl adjacent to an activating group) is 1. The van der Waals surface area contributed by atoms with E-state index in [9.17, 15) is 4.79 Å². The van der Waals surface area contributed by atoms with Gasteiger partial charge in [-0.2, -0.15) is 0 Å². The second-order valence-corrected chi connectivity index (χ2v) is 5.15. The van der Waals surface area contributed by atoms with Gasteiger partial charge >= 0.3 is 6.03 Å². The van der Waals surface area contributed by atoms with Gasteiger partial charge in [-0.3, -0.25) is 0 Å². The van der Waals surface area contributed by atoms with Gasteiger partial charge in [0.1, 0.15) is 0 Å². The summed E-state index contributed by atoms with van der Waals surface area (Å²) in [5.41, 5.74) is 2.45. The number of aryl methyl sites for hydroxylation is 1. The Morgan fingerprint density at radius 1 is 1.21 bits per heavy atom. The van der Waals surface area contributed by atoms with Crippen LogP contribution in [-0.2, 0) is 0 Å². The zero-order chi connectivity index (χ0) is 13.4. The zero-order valence-corrected chi connectivity index (χ0v) is 11.3. The van der Waals surface area contributed by atoms with Gasteiger partial charge < -0.3 is 10.2 Å². The van der Waals surface area contributed by atoms with E-state index in [1.54, 1.807) is 0 Å². The Morgan fingerprint density at radius 3 is 2.68 bits per heavy atom. The number of hydrogen-bond donors (Lipinski definition) is 1. The highest BCUT2D eigenvalue weighted by molar-refractivity contribution is 5.84. The van der Waals surface area contributed by atoms with Crippen molar-refractivity contribution in [2.75, 3.05) is 13.1 Å². The second-order valence-electron chi connectivity index (χ2n) is 5.15. The normalized spacial score (nSPS) is 18.9. The summed E-state index contributed by atoms with van der Waals surface area (Å²) in [7, 11) is 0. The van der Waals surface area contributed by atoms with Crippen LogP contribution in [0, 0.1) is 6.92 Å². The van der Waals surface area contributed by atoms with Gasteiger partial charge in [0.15, 0.2) is 0 Å². The molecule has 3 nitrogen and oxygen atoms in total. The molecule has 2 amide bonds. The van der Waals surface area contributed by atoms with Gasteiger partial charge in [-0.25, -0.2) is 4.79 Å². The fourth-order valence-corrected chi connectivity index (χ4v) is 2.65. The summed E-state index contributed by atoms with van der Waals surface area (Å²) in [6.45, 7) is 5.62. The van der Waals surface area contributed by atoms with Gasteiger partial charge in [-0.05, 0) is 36.2 Å². The number of nitrogens with zero attached hydrogens (tertiary/aromatic N) is 1. The lowest BCUT2D eigenvalue weighted by atomic mass is 10.0. The van der Waals surface area contributed by atoms with Gasteiger partial charge in [0.2, 0.25) is 0 Å². The number of carbonyl (C=O) groups is 1. The van der Waals surface area contributed by atoms with E-state index in [-0.39, 0.29) is 12.1 Å². The average Bonchev–Trinajstić information content (AvgIpc) is 2.79. The number of urea groups is 1. The van der Waals surface area contributed by atoms with E-state index in [2.05, 4.69) is 48.6 Å². The summed E-state index contributed by atoms with van der Waals surface area (Å²) in [6, 6.07) is 13.0. The third-order valence-electron chi connectivity index (χ3n) is 3.79. The quantitative estimate of drug-likeness (QED) is 0.876. The third kappa shape index (κ3) is 2.16. The number of carbonyl (C=O) groups excluding carboxylic acids is 1. The molecule has 1 unspecified atom stereocenters. The fourth-order valence-electron chi connectivity index (χ4n) is 2.65. The van der Waals surface area contributed by atoms with Crippen LogP contribution >= 0.6 is 0 Å². The Kier molecular flexibility index (Phi) is 2.90. The van der Waals surface area contributed by atoms with Crippen molar-refractivity contribution in [3.8, 4) is 0 Å². The summed E-state index contributed by atoms with van der Waals surface area (Å²) in [4.78, 5) is 13.5. The van der Waals surface area contributed by atoms with Gasteiger partial charge in [0.25, 0.3) is 0 Å². The van der Waals surface area contributed by atoms with Crippen LogP contribution in [0.1, 0.15) is 24.1 Å². The summed E-state index contributed by atoms with van der Waals surface area (Å²) >= 11 is 0. The molecule has 1 aliphatic heterocycles. The Labute approximate surface area is 113 Å². The van der Waals surface area contributed by atoms with Crippen LogP contribution in [0.25, 0.3) is 10.8 Å². The van der Waals surface area contributed by atoms with Crippen molar-refractivity contribution in [3.05, 3.63) is 47.5 Å². The lowest BCUT2D eigenvalue weighted by molar-refractivity contribution is 0.219. The molecule has 0 saturated carbocycles. The molecule has 0 aromatic heterocycles. The van der Waals surface area contributed by atoms with E-state index in [1.807, 2.05) is 11.8 Å². The van der Waals surface area contributed by atoms with Crippen LogP contribution in [0.15, 0.2) is 36.4 Å². The summed E-state index contributed by atoms with van der Waals surface area (Å²) in [6.07, 6.45) is 0. The van der Waals surface area contributed by atoms with Crippen molar-refractivity contribution in [1.29, 1.82) is 0 Å². The monoisotopic (exact) mass is 254 g/mol. The molecule has 19 heavy (non-hydrogen) atoms. The van der Waals surface area contributed by atoms with E-state index in [0.29, 0.717) is 0 Å². The highest BCUT2D eigenvalue weighted by Crippen LogP contribution is 2.24. The van der Waals surface area contributed by atoms with Crippen LogP contribution in [-0.4, -0.2) is 24.0 Å². The summed E-state index contributed by atoms with van der Waals surface area (Å²) in [5.74, 6) is 0. The van der Waals surface area contributed by atoms with Gasteiger partial charge in [-0.15, -0.1) is 0 Å². The maximum absolute atomic E-state index is 11.7. The molecule has 0 bridgehead atoms. The van der Waals surface area contributed by atoms with Crippen LogP contribution in [0.2, 0.25) is 0 Å². The largest absolute Gasteiger partial charge is 0.329 e. The molecule has 3 heteroatoms. The Morgan fingerprint density at radius 2 is 1.95 bits per heavy atom. The molecule has 1 saturated heterocycles. The van der Waals surface area contributed by atoms with Gasteiger partial charge in [-0.1, -0.05) is 35.9 Å². The molecule has 1 atom stereocenters. The molecule has 98 valence electrons. The molecular formula is C16H18N2O. The molecule has 3 rings (SSSR count). The minimum Gasteiger partial charge on any atom is -0.329 e. The second kappa shape index (κ2) is 4.57. The lowest BCUT2D eigenvalue weighted by Gasteiger charge is -2.12. The number of fused-ring (bicyclic) bond motifs is 1. The Balaban J connectivity index is 1.94. The molecule has 2 aromatic rings. The predicted octanol–water partition coefficient (Wildman–Crippen LogP) is 3.23. The first-order valence-corrected chi connectivity index (χ1v) is 6.73. The van der Waals surface area contributed by atoms with Crippen molar-refractivity contribution >= 4 is 16.8 Å². The van der Waals surface area contributed by atoms with Crippen LogP contribution in [0.5, 0.6) is 0 Å². The molecule has 0 aliphatic carbocycles. The minimum atomic E-state index is 0.0384. The van der Waals surface area contributed by atoms with Crippen molar-refractivity contribution < 1.29 is 4.79 Å². The van der Waals surface area contributed by atoms with Crippen LogP contribution < -0.4 is 5.32 Å². The average molecular weight is 254 g/mol. The first-order valence-electron chi connectivity index (χ1n) is 6.73. The predicted molar refractivity (Wildman–Crippen MR) is 77.2 cm³/mol. The van der Waals surface area contributed by atoms with E-state index >= 15 is 0 Å². The Bertz CT molecular complexity index is 636. The van der Waals surface area contributed by atoms with Gasteiger partial charge in [0, 0.05) is 13.1 Å². The minimum absolute atomic E-state index is 0.0384.